The van der Waals surface area contributed by atoms with Gasteiger partial charge in [0.2, 0.25) is 15.0 Å². The molecule has 0 saturated heterocycles. The van der Waals surface area contributed by atoms with Crippen molar-refractivity contribution < 1.29 is 8.42 Å². The molecule has 0 atom stereocenters. The first-order chi connectivity index (χ1) is 11.9. The average molecular weight is 368 g/mol. The van der Waals surface area contributed by atoms with E-state index in [1.54, 1.807) is 6.20 Å². The van der Waals surface area contributed by atoms with E-state index in [2.05, 4.69) is 30.8 Å². The topological polar surface area (TPSA) is 55.2 Å². The molecule has 25 heavy (non-hydrogen) atoms. The highest BCUT2D eigenvalue weighted by Crippen LogP contribution is 2.33. The number of sulfone groups is 1. The fourth-order valence-corrected chi connectivity index (χ4v) is 5.54. The Bertz CT molecular complexity index is 671. The third kappa shape index (κ3) is 4.85. The summed E-state index contributed by atoms with van der Waals surface area (Å²) >= 11 is 0. The molecule has 0 unspecified atom stereocenters. The molecule has 0 bridgehead atoms. The van der Waals surface area contributed by atoms with E-state index in [4.69, 9.17) is 0 Å². The minimum Gasteiger partial charge on any atom is -0.317 e. The predicted molar refractivity (Wildman–Crippen MR) is 100 cm³/mol. The summed E-state index contributed by atoms with van der Waals surface area (Å²) < 4.78 is 27.8. The Hall–Kier alpha value is -0.880. The molecule has 0 aromatic carbocycles. The number of rotatable bonds is 8. The van der Waals surface area contributed by atoms with Gasteiger partial charge in [-0.3, -0.25) is 4.90 Å². The fraction of sp³-hybridized carbons (Fsp3) is 0.842. The predicted octanol–water partition coefficient (Wildman–Crippen LogP) is 3.49. The van der Waals surface area contributed by atoms with E-state index < -0.39 is 9.84 Å². The zero-order valence-electron chi connectivity index (χ0n) is 15.9. The maximum Gasteiger partial charge on any atom is 0.227 e. The highest BCUT2D eigenvalue weighted by Gasteiger charge is 2.33. The molecule has 142 valence electrons. The van der Waals surface area contributed by atoms with Crippen molar-refractivity contribution in [1.29, 1.82) is 0 Å². The summed E-state index contributed by atoms with van der Waals surface area (Å²) in [5, 5.41) is 0.317. The van der Waals surface area contributed by atoms with Crippen LogP contribution >= 0.6 is 0 Å². The van der Waals surface area contributed by atoms with Crippen LogP contribution in [-0.2, 0) is 22.9 Å². The fourth-order valence-electron chi connectivity index (χ4n) is 3.70. The lowest BCUT2D eigenvalue weighted by atomic mass is 9.89. The summed E-state index contributed by atoms with van der Waals surface area (Å²) in [4.78, 5) is 6.64. The van der Waals surface area contributed by atoms with Crippen LogP contribution in [0.5, 0.6) is 0 Å². The maximum absolute atomic E-state index is 12.9. The van der Waals surface area contributed by atoms with Crippen LogP contribution in [0.3, 0.4) is 0 Å². The van der Waals surface area contributed by atoms with Gasteiger partial charge in [-0.15, -0.1) is 0 Å². The molecule has 2 fully saturated rings. The number of hydrogen-bond donors (Lipinski definition) is 0. The van der Waals surface area contributed by atoms with Gasteiger partial charge in [-0.1, -0.05) is 19.3 Å². The van der Waals surface area contributed by atoms with Gasteiger partial charge in [0.15, 0.2) is 0 Å². The Morgan fingerprint density at radius 2 is 1.84 bits per heavy atom. The third-order valence-electron chi connectivity index (χ3n) is 5.79. The molecule has 6 heteroatoms. The van der Waals surface area contributed by atoms with Gasteiger partial charge in [0, 0.05) is 19.1 Å². The van der Waals surface area contributed by atoms with Crippen LogP contribution in [0.15, 0.2) is 11.4 Å². The van der Waals surface area contributed by atoms with Crippen molar-refractivity contribution in [3.8, 4) is 0 Å². The molecule has 0 radical (unpaired) electrons. The first kappa shape index (κ1) is 18.9. The molecule has 0 spiro atoms. The number of hydrogen-bond acceptors (Lipinski definition) is 4. The van der Waals surface area contributed by atoms with Crippen LogP contribution in [0, 0.1) is 11.8 Å². The summed E-state index contributed by atoms with van der Waals surface area (Å²) in [6.45, 7) is 5.87. The SMILES string of the molecule is CC(C)N(C)Cc1cnc(S(=O)(=O)CC2CC2)n1CC1CCCCC1. The summed E-state index contributed by atoms with van der Waals surface area (Å²) in [5.41, 5.74) is 1.04. The minimum atomic E-state index is -3.28. The van der Waals surface area contributed by atoms with E-state index in [0.29, 0.717) is 23.0 Å². The molecule has 0 aliphatic heterocycles. The molecule has 1 aromatic rings. The Morgan fingerprint density at radius 1 is 1.16 bits per heavy atom. The average Bonchev–Trinajstić information content (AvgIpc) is 3.27. The first-order valence-corrected chi connectivity index (χ1v) is 11.5. The smallest absolute Gasteiger partial charge is 0.227 e. The highest BCUT2D eigenvalue weighted by molar-refractivity contribution is 7.91. The van der Waals surface area contributed by atoms with Crippen LogP contribution in [0.4, 0.5) is 0 Å². The Balaban J connectivity index is 1.86. The van der Waals surface area contributed by atoms with Crippen molar-refractivity contribution >= 4 is 9.84 Å². The van der Waals surface area contributed by atoms with E-state index in [1.165, 1.54) is 32.1 Å². The summed E-state index contributed by atoms with van der Waals surface area (Å²) in [6.07, 6.45) is 10.2. The van der Waals surface area contributed by atoms with Crippen LogP contribution < -0.4 is 0 Å². The van der Waals surface area contributed by atoms with Crippen molar-refractivity contribution in [2.24, 2.45) is 11.8 Å². The van der Waals surface area contributed by atoms with E-state index >= 15 is 0 Å². The van der Waals surface area contributed by atoms with Gasteiger partial charge in [-0.25, -0.2) is 13.4 Å². The number of aromatic nitrogens is 2. The number of nitrogens with zero attached hydrogens (tertiary/aromatic N) is 3. The van der Waals surface area contributed by atoms with Gasteiger partial charge in [0.05, 0.1) is 17.6 Å². The number of imidazole rings is 1. The third-order valence-corrected chi connectivity index (χ3v) is 7.58. The monoisotopic (exact) mass is 367 g/mol. The highest BCUT2D eigenvalue weighted by atomic mass is 32.2. The van der Waals surface area contributed by atoms with Gasteiger partial charge in [-0.2, -0.15) is 0 Å². The molecule has 2 aliphatic rings. The maximum atomic E-state index is 12.9. The summed E-state index contributed by atoms with van der Waals surface area (Å²) in [6, 6.07) is 0.421. The normalized spacial score (nSPS) is 19.9. The van der Waals surface area contributed by atoms with Crippen molar-refractivity contribution in [3.05, 3.63) is 11.9 Å². The van der Waals surface area contributed by atoms with Crippen molar-refractivity contribution in [1.82, 2.24) is 14.5 Å². The Labute approximate surface area is 152 Å². The van der Waals surface area contributed by atoms with Gasteiger partial charge in [0.25, 0.3) is 0 Å². The van der Waals surface area contributed by atoms with Crippen LogP contribution in [0.2, 0.25) is 0 Å². The van der Waals surface area contributed by atoms with Gasteiger partial charge in [-0.05, 0) is 58.4 Å². The van der Waals surface area contributed by atoms with E-state index in [9.17, 15) is 8.42 Å². The summed E-state index contributed by atoms with van der Waals surface area (Å²) in [7, 11) is -1.20. The van der Waals surface area contributed by atoms with E-state index in [0.717, 1.165) is 31.6 Å². The second kappa shape index (κ2) is 7.78. The lowest BCUT2D eigenvalue weighted by Crippen LogP contribution is -2.28. The molecule has 1 aromatic heterocycles. The van der Waals surface area contributed by atoms with Crippen LogP contribution in [0.1, 0.15) is 64.5 Å². The molecule has 2 saturated carbocycles. The lowest BCUT2D eigenvalue weighted by molar-refractivity contribution is 0.249. The lowest BCUT2D eigenvalue weighted by Gasteiger charge is -2.26. The zero-order valence-corrected chi connectivity index (χ0v) is 16.8. The second-order valence-corrected chi connectivity index (χ2v) is 10.3. The molecule has 2 aliphatic carbocycles. The molecule has 0 N–H and O–H groups in total. The van der Waals surface area contributed by atoms with Gasteiger partial charge in [0.1, 0.15) is 0 Å². The molecular weight excluding hydrogens is 334 g/mol. The van der Waals surface area contributed by atoms with Crippen LogP contribution in [-0.4, -0.2) is 41.7 Å². The first-order valence-electron chi connectivity index (χ1n) is 9.84. The van der Waals surface area contributed by atoms with Crippen molar-refractivity contribution in [2.45, 2.75) is 83.1 Å². The molecular formula is C19H33N3O2S. The second-order valence-electron chi connectivity index (χ2n) is 8.38. The zero-order chi connectivity index (χ0) is 18.0. The van der Waals surface area contributed by atoms with Gasteiger partial charge < -0.3 is 4.57 Å². The summed E-state index contributed by atoms with van der Waals surface area (Å²) in [5.74, 6) is 1.21. The minimum absolute atomic E-state index is 0.272. The standard InChI is InChI=1S/C19H33N3O2S/c1-15(2)21(3)13-18-11-20-19(25(23,24)14-17-9-10-17)22(18)12-16-7-5-4-6-8-16/h11,15-17H,4-10,12-14H2,1-3H3. The largest absolute Gasteiger partial charge is 0.317 e. The Kier molecular flexibility index (Phi) is 5.88. The van der Waals surface area contributed by atoms with Gasteiger partial charge >= 0.3 is 0 Å². The molecule has 3 rings (SSSR count). The quantitative estimate of drug-likeness (QED) is 0.706. The van der Waals surface area contributed by atoms with E-state index in [1.807, 2.05) is 4.57 Å². The van der Waals surface area contributed by atoms with Crippen molar-refractivity contribution in [2.75, 3.05) is 12.8 Å². The molecule has 1 heterocycles. The van der Waals surface area contributed by atoms with Crippen LogP contribution in [0.25, 0.3) is 0 Å². The van der Waals surface area contributed by atoms with Crippen molar-refractivity contribution in [3.63, 3.8) is 0 Å². The Morgan fingerprint density at radius 3 is 2.44 bits per heavy atom. The molecule has 5 nitrogen and oxygen atoms in total. The molecule has 0 amide bonds. The van der Waals surface area contributed by atoms with E-state index in [-0.39, 0.29) is 5.75 Å².